The van der Waals surface area contributed by atoms with E-state index < -0.39 is 0 Å². The highest BCUT2D eigenvalue weighted by Gasteiger charge is 2.31. The third-order valence-electron chi connectivity index (χ3n) is 12.6. The molecule has 0 fully saturated rings. The van der Waals surface area contributed by atoms with E-state index in [1.807, 2.05) is 48.5 Å². The molecule has 6 aromatic carbocycles. The fourth-order valence-electron chi connectivity index (χ4n) is 8.09. The van der Waals surface area contributed by atoms with E-state index in [1.54, 1.807) is 59.4 Å². The van der Waals surface area contributed by atoms with Crippen molar-refractivity contribution in [3.63, 3.8) is 0 Å². The number of fused-ring (bicyclic) bond motifs is 8. The van der Waals surface area contributed by atoms with E-state index >= 15 is 0 Å². The third kappa shape index (κ3) is 12.8. The first kappa shape index (κ1) is 53.1. The van der Waals surface area contributed by atoms with Crippen molar-refractivity contribution in [2.45, 2.75) is 157 Å². The molecule has 0 radical (unpaired) electrons. The minimum atomic E-state index is -0.228. The van der Waals surface area contributed by atoms with Gasteiger partial charge in [0.1, 0.15) is 24.7 Å². The second kappa shape index (κ2) is 21.8. The van der Waals surface area contributed by atoms with E-state index in [4.69, 9.17) is 28.9 Å². The summed E-state index contributed by atoms with van der Waals surface area (Å²) in [5, 5.41) is 0. The standard InChI is InChI=1S/C64H66N2O4S4/c1-61(2,3)43-31-47-57(67-39-41-23-15-13-16-24-41)48(32-43)72-52-36-46(64(10,11)12)38-54(60(52)70-56-28-20-22-30-66-56)74-50-34-44(62(4,5)6)33-49(58(50)68-40-42-25-17-14-18-26-42)73-53-37-45(63(7,8)9)35-51(71-47)59(53)69-55-27-19-21-29-65-55/h13-38H,39-40H2,1-12H3. The zero-order chi connectivity index (χ0) is 52.4. The van der Waals surface area contributed by atoms with Crippen molar-refractivity contribution in [3.05, 3.63) is 191 Å². The molecule has 0 atom stereocenters. The summed E-state index contributed by atoms with van der Waals surface area (Å²) in [7, 11) is 0. The van der Waals surface area contributed by atoms with Crippen LogP contribution < -0.4 is 18.9 Å². The number of aromatic nitrogens is 2. The molecule has 0 amide bonds. The molecule has 10 heteroatoms. The van der Waals surface area contributed by atoms with Gasteiger partial charge in [0.05, 0.1) is 39.2 Å². The Bertz CT molecular complexity index is 2930. The maximum absolute atomic E-state index is 7.21. The summed E-state index contributed by atoms with van der Waals surface area (Å²) in [6.07, 6.45) is 3.56. The molecule has 8 aromatic rings. The van der Waals surface area contributed by atoms with Gasteiger partial charge in [-0.05, 0) is 116 Å². The largest absolute Gasteiger partial charge is 0.487 e. The molecule has 1 aliphatic rings. The second-order valence-electron chi connectivity index (χ2n) is 22.7. The van der Waals surface area contributed by atoms with Gasteiger partial charge in [0.15, 0.2) is 11.5 Å². The van der Waals surface area contributed by atoms with Gasteiger partial charge in [-0.1, -0.05) is 203 Å². The van der Waals surface area contributed by atoms with Gasteiger partial charge in [-0.15, -0.1) is 0 Å². The van der Waals surface area contributed by atoms with Crippen LogP contribution in [0.3, 0.4) is 0 Å². The van der Waals surface area contributed by atoms with Crippen LogP contribution in [0.25, 0.3) is 0 Å². The van der Waals surface area contributed by atoms with Gasteiger partial charge in [0.2, 0.25) is 11.8 Å². The molecule has 380 valence electrons. The lowest BCUT2D eigenvalue weighted by Crippen LogP contribution is -2.13. The Morgan fingerprint density at radius 3 is 0.824 bits per heavy atom. The van der Waals surface area contributed by atoms with Crippen LogP contribution in [0.4, 0.5) is 0 Å². The summed E-state index contributed by atoms with van der Waals surface area (Å²) in [4.78, 5) is 17.1. The molecule has 0 N–H and O–H groups in total. The minimum Gasteiger partial charge on any atom is -0.487 e. The number of nitrogens with zero attached hydrogens (tertiary/aromatic N) is 2. The first-order chi connectivity index (χ1) is 35.2. The number of ether oxygens (including phenoxy) is 4. The third-order valence-corrected chi connectivity index (χ3v) is 16.8. The van der Waals surface area contributed by atoms with E-state index in [9.17, 15) is 0 Å². The van der Waals surface area contributed by atoms with E-state index in [-0.39, 0.29) is 21.7 Å². The molecule has 1 aliphatic heterocycles. The molecule has 0 aliphatic carbocycles. The Morgan fingerprint density at radius 1 is 0.324 bits per heavy atom. The van der Waals surface area contributed by atoms with Gasteiger partial charge in [-0.2, -0.15) is 0 Å². The van der Waals surface area contributed by atoms with Crippen molar-refractivity contribution >= 4 is 47.0 Å². The average Bonchev–Trinajstić information content (AvgIpc) is 3.35. The maximum atomic E-state index is 7.21. The van der Waals surface area contributed by atoms with Gasteiger partial charge in [-0.25, -0.2) is 9.97 Å². The van der Waals surface area contributed by atoms with Crippen LogP contribution in [0.1, 0.15) is 116 Å². The van der Waals surface area contributed by atoms with Gasteiger partial charge in [-0.3, -0.25) is 0 Å². The molecule has 8 bridgehead atoms. The molecular formula is C64H66N2O4S4. The van der Waals surface area contributed by atoms with E-state index in [2.05, 4.69) is 180 Å². The van der Waals surface area contributed by atoms with Gasteiger partial charge < -0.3 is 18.9 Å². The normalized spacial score (nSPS) is 13.0. The molecule has 0 saturated carbocycles. The van der Waals surface area contributed by atoms with Gasteiger partial charge in [0, 0.05) is 24.5 Å². The van der Waals surface area contributed by atoms with Crippen LogP contribution in [0, 0.1) is 0 Å². The van der Waals surface area contributed by atoms with Crippen LogP contribution >= 0.6 is 47.0 Å². The molecule has 6 nitrogen and oxygen atoms in total. The predicted molar refractivity (Wildman–Crippen MR) is 307 cm³/mol. The summed E-state index contributed by atoms with van der Waals surface area (Å²) in [6, 6.07) is 50.8. The van der Waals surface area contributed by atoms with E-state index in [1.165, 1.54) is 22.3 Å². The molecule has 3 heterocycles. The molecule has 0 spiro atoms. The van der Waals surface area contributed by atoms with Crippen LogP contribution in [0.2, 0.25) is 0 Å². The topological polar surface area (TPSA) is 62.7 Å². The SMILES string of the molecule is CC(C)(C)c1cc2c(OCc3ccccc3)c(c1)Sc1cc(C(C)(C)C)cc(c1Oc1ccccn1)Sc1cc(C(C)(C)C)cc(c1OCc1ccccc1)Sc1cc(C(C)(C)C)cc(c1Oc1ccccn1)S2. The number of benzene rings is 6. The lowest BCUT2D eigenvalue weighted by molar-refractivity contribution is 0.290. The van der Waals surface area contributed by atoms with Crippen molar-refractivity contribution in [1.82, 2.24) is 9.97 Å². The first-order valence-electron chi connectivity index (χ1n) is 25.1. The summed E-state index contributed by atoms with van der Waals surface area (Å²) >= 11 is 6.69. The first-order valence-corrected chi connectivity index (χ1v) is 28.4. The second-order valence-corrected chi connectivity index (χ2v) is 27.0. The molecule has 0 saturated heterocycles. The van der Waals surface area contributed by atoms with Crippen LogP contribution in [-0.2, 0) is 34.9 Å². The lowest BCUT2D eigenvalue weighted by Gasteiger charge is -2.28. The highest BCUT2D eigenvalue weighted by molar-refractivity contribution is 8.01. The van der Waals surface area contributed by atoms with Crippen molar-refractivity contribution < 1.29 is 18.9 Å². The fraction of sp³-hybridized carbons (Fsp3) is 0.281. The average molecular weight is 1060 g/mol. The Morgan fingerprint density at radius 2 is 0.581 bits per heavy atom. The summed E-state index contributed by atoms with van der Waals surface area (Å²) in [5.74, 6) is 3.97. The Balaban J connectivity index is 1.41. The molecular weight excluding hydrogens is 989 g/mol. The monoisotopic (exact) mass is 1050 g/mol. The highest BCUT2D eigenvalue weighted by atomic mass is 32.2. The molecule has 9 rings (SSSR count). The number of hydrogen-bond acceptors (Lipinski definition) is 10. The highest BCUT2D eigenvalue weighted by Crippen LogP contribution is 2.57. The Kier molecular flexibility index (Phi) is 15.6. The number of pyridine rings is 2. The summed E-state index contributed by atoms with van der Waals surface area (Å²) in [5.41, 5.74) is 5.91. The summed E-state index contributed by atoms with van der Waals surface area (Å²) in [6.45, 7) is 28.0. The Labute approximate surface area is 456 Å². The van der Waals surface area contributed by atoms with Gasteiger partial charge >= 0.3 is 0 Å². The number of rotatable bonds is 10. The van der Waals surface area contributed by atoms with Crippen molar-refractivity contribution in [2.75, 3.05) is 0 Å². The molecule has 74 heavy (non-hydrogen) atoms. The number of hydrogen-bond donors (Lipinski definition) is 0. The van der Waals surface area contributed by atoms with Crippen LogP contribution in [-0.4, -0.2) is 9.97 Å². The van der Waals surface area contributed by atoms with Crippen molar-refractivity contribution in [2.24, 2.45) is 0 Å². The zero-order valence-electron chi connectivity index (χ0n) is 44.6. The Hall–Kier alpha value is -5.78. The zero-order valence-corrected chi connectivity index (χ0v) is 47.9. The van der Waals surface area contributed by atoms with E-state index in [0.717, 1.165) is 61.8 Å². The minimum absolute atomic E-state index is 0.226. The molecule has 0 unspecified atom stereocenters. The fourth-order valence-corrected chi connectivity index (χ4v) is 12.8. The van der Waals surface area contributed by atoms with Crippen molar-refractivity contribution in [1.29, 1.82) is 0 Å². The summed E-state index contributed by atoms with van der Waals surface area (Å²) < 4.78 is 28.6. The van der Waals surface area contributed by atoms with Crippen LogP contribution in [0.15, 0.2) is 197 Å². The van der Waals surface area contributed by atoms with E-state index in [0.29, 0.717) is 36.5 Å². The van der Waals surface area contributed by atoms with Gasteiger partial charge in [0.25, 0.3) is 0 Å². The maximum Gasteiger partial charge on any atom is 0.219 e. The van der Waals surface area contributed by atoms with Crippen LogP contribution in [0.5, 0.6) is 34.8 Å². The quantitative estimate of drug-likeness (QED) is 0.132. The predicted octanol–water partition coefficient (Wildman–Crippen LogP) is 19.3. The lowest BCUT2D eigenvalue weighted by atomic mass is 9.87. The molecule has 2 aromatic heterocycles. The smallest absolute Gasteiger partial charge is 0.219 e. The van der Waals surface area contributed by atoms with Crippen molar-refractivity contribution in [3.8, 4) is 34.8 Å².